The molecule has 3 aromatic rings. The van der Waals surface area contributed by atoms with Crippen LogP contribution in [0.3, 0.4) is 0 Å². The lowest BCUT2D eigenvalue weighted by Crippen LogP contribution is -2.60. The molecule has 2 bridgehead atoms. The van der Waals surface area contributed by atoms with Gasteiger partial charge in [-0.2, -0.15) is 0 Å². The molecule has 5 atom stereocenters. The van der Waals surface area contributed by atoms with Gasteiger partial charge in [-0.3, -0.25) is 28.8 Å². The summed E-state index contributed by atoms with van der Waals surface area (Å²) in [6.07, 6.45) is 3.00. The topological polar surface area (TPSA) is 169 Å². The minimum Gasteiger partial charge on any atom is -0.451 e. The third-order valence-electron chi connectivity index (χ3n) is 10.1. The Labute approximate surface area is 266 Å². The number of carbonyl (C=O) groups excluding carboxylic acids is 5. The average Bonchev–Trinajstić information content (AvgIpc) is 3.37. The lowest BCUT2D eigenvalue weighted by molar-refractivity contribution is -0.137. The highest BCUT2D eigenvalue weighted by Gasteiger charge is 2.56. The molecule has 1 aromatic carbocycles. The molecule has 244 valence electrons. The van der Waals surface area contributed by atoms with E-state index in [4.69, 9.17) is 4.42 Å². The van der Waals surface area contributed by atoms with Crippen molar-refractivity contribution in [3.63, 3.8) is 0 Å². The number of aromatic nitrogens is 1. The molecule has 12 nitrogen and oxygen atoms in total. The number of para-hydroxylation sites is 1. The quantitative estimate of drug-likeness (QED) is 0.236. The Hall–Kier alpha value is -4.74. The second-order valence-electron chi connectivity index (χ2n) is 13.1. The van der Waals surface area contributed by atoms with Crippen molar-refractivity contribution in [2.75, 3.05) is 12.4 Å². The number of anilines is 1. The van der Waals surface area contributed by atoms with Crippen LogP contribution in [0.1, 0.15) is 62.6 Å². The molecule has 2 unspecified atom stereocenters. The molecule has 0 radical (unpaired) electrons. The number of Topliss-reactive ketones (excluding diaryl/α,β-unsaturated/α-hetero) is 1. The van der Waals surface area contributed by atoms with Crippen molar-refractivity contribution in [2.45, 2.75) is 72.0 Å². The first kappa shape index (κ1) is 32.6. The number of furan rings is 1. The van der Waals surface area contributed by atoms with E-state index in [1.165, 1.54) is 36.4 Å². The molecule has 12 heteroatoms. The third kappa shape index (κ3) is 6.33. The molecule has 2 aromatic heterocycles. The molecule has 0 saturated heterocycles. The molecule has 2 heterocycles. The van der Waals surface area contributed by atoms with Gasteiger partial charge in [0, 0.05) is 36.7 Å². The van der Waals surface area contributed by atoms with E-state index in [0.29, 0.717) is 28.9 Å². The number of rotatable bonds is 11. The summed E-state index contributed by atoms with van der Waals surface area (Å²) in [7, 11) is 1.32. The smallest absolute Gasteiger partial charge is 0.287 e. The van der Waals surface area contributed by atoms with E-state index < -0.39 is 35.1 Å². The first-order chi connectivity index (χ1) is 21.8. The van der Waals surface area contributed by atoms with Crippen molar-refractivity contribution in [3.05, 3.63) is 64.3 Å². The summed E-state index contributed by atoms with van der Waals surface area (Å²) in [5.74, 6) is -1.91. The molecule has 0 spiro atoms. The van der Waals surface area contributed by atoms with Crippen LogP contribution in [0.25, 0.3) is 11.0 Å². The monoisotopic (exact) mass is 631 g/mol. The number of hydrogen-bond donors (Lipinski definition) is 4. The van der Waals surface area contributed by atoms with Crippen LogP contribution in [-0.4, -0.2) is 53.1 Å². The fourth-order valence-corrected chi connectivity index (χ4v) is 7.14. The van der Waals surface area contributed by atoms with Gasteiger partial charge in [-0.1, -0.05) is 39.0 Å². The van der Waals surface area contributed by atoms with Crippen molar-refractivity contribution < 1.29 is 28.4 Å². The van der Waals surface area contributed by atoms with E-state index in [9.17, 15) is 28.8 Å². The van der Waals surface area contributed by atoms with E-state index in [1.807, 2.05) is 6.07 Å². The van der Waals surface area contributed by atoms with Crippen molar-refractivity contribution in [3.8, 4) is 0 Å². The summed E-state index contributed by atoms with van der Waals surface area (Å²) >= 11 is 0. The second-order valence-corrected chi connectivity index (χ2v) is 13.1. The van der Waals surface area contributed by atoms with E-state index in [0.717, 1.165) is 11.8 Å². The number of fused-ring (bicyclic) bond motifs is 3. The number of carbonyl (C=O) groups is 5. The number of nitrogens with zero attached hydrogens (tertiary/aromatic N) is 1. The molecule has 3 fully saturated rings. The standard InChI is InChI=1S/C34H41N5O7/c1-18-21-9-6-7-11-27(21)46-29(18)32(44)37-23(12-13-26(40)31(43)35-5)30(42)38-24-10-8-14-39(33(24)45)17-28(41)36-25-16-20-15-22(19(25)2)34(20,3)4/h6-11,14,19-20,22-23,25H,12-13,15-17H2,1-5H3,(H,35,43)(H,36,41)(H,37,44)(H,38,42)/t19-,20?,22?,23-,25-/m0/s1. The van der Waals surface area contributed by atoms with E-state index >= 15 is 0 Å². The maximum Gasteiger partial charge on any atom is 0.287 e. The number of pyridine rings is 1. The van der Waals surface area contributed by atoms with Gasteiger partial charge in [0.25, 0.3) is 17.4 Å². The first-order valence-corrected chi connectivity index (χ1v) is 15.6. The molecule has 6 rings (SSSR count). The average molecular weight is 632 g/mol. The first-order valence-electron chi connectivity index (χ1n) is 15.6. The molecule has 0 aliphatic heterocycles. The van der Waals surface area contributed by atoms with Crippen LogP contribution < -0.4 is 26.8 Å². The number of likely N-dealkylation sites (N-methyl/N-ethyl adjacent to an activating group) is 1. The minimum atomic E-state index is -1.30. The highest BCUT2D eigenvalue weighted by molar-refractivity contribution is 6.36. The highest BCUT2D eigenvalue weighted by Crippen LogP contribution is 2.61. The molecule has 4 amide bonds. The normalized spacial score (nSPS) is 21.8. The maximum absolute atomic E-state index is 13.5. The zero-order valence-electron chi connectivity index (χ0n) is 26.8. The van der Waals surface area contributed by atoms with E-state index in [-0.39, 0.29) is 48.2 Å². The van der Waals surface area contributed by atoms with Crippen LogP contribution in [-0.2, 0) is 25.7 Å². The molecule has 3 aliphatic rings. The Morgan fingerprint density at radius 1 is 1.07 bits per heavy atom. The summed E-state index contributed by atoms with van der Waals surface area (Å²) in [4.78, 5) is 77.1. The van der Waals surface area contributed by atoms with Gasteiger partial charge in [0.1, 0.15) is 23.9 Å². The Bertz CT molecular complexity index is 1760. The number of amides is 4. The van der Waals surface area contributed by atoms with Crippen molar-refractivity contribution in [1.29, 1.82) is 0 Å². The van der Waals surface area contributed by atoms with E-state index in [2.05, 4.69) is 42.0 Å². The SMILES string of the molecule is CNC(=O)C(=O)CC[C@H](NC(=O)c1oc2ccccc2c1C)C(=O)Nc1cccn(CC(=O)N[C@H]2CC3CC([C@@H]2C)C3(C)C)c1=O. The summed E-state index contributed by atoms with van der Waals surface area (Å²) < 4.78 is 6.94. The number of aryl methyl sites for hydroxylation is 1. The Morgan fingerprint density at radius 2 is 1.80 bits per heavy atom. The van der Waals surface area contributed by atoms with Gasteiger partial charge in [0.2, 0.25) is 17.6 Å². The van der Waals surface area contributed by atoms with Crippen molar-refractivity contribution in [2.24, 2.45) is 23.2 Å². The van der Waals surface area contributed by atoms with Crippen molar-refractivity contribution >= 4 is 46.1 Å². The summed E-state index contributed by atoms with van der Waals surface area (Å²) in [5.41, 5.74) is 0.634. The largest absolute Gasteiger partial charge is 0.451 e. The summed E-state index contributed by atoms with van der Waals surface area (Å²) in [6.45, 7) is 8.23. The van der Waals surface area contributed by atoms with Crippen LogP contribution in [0.15, 0.2) is 51.8 Å². The van der Waals surface area contributed by atoms with Gasteiger partial charge in [0.15, 0.2) is 5.76 Å². The van der Waals surface area contributed by atoms with Gasteiger partial charge >= 0.3 is 0 Å². The molecule has 3 aliphatic carbocycles. The van der Waals surface area contributed by atoms with Gasteiger partial charge in [0.05, 0.1) is 0 Å². The molecule has 46 heavy (non-hydrogen) atoms. The van der Waals surface area contributed by atoms with Gasteiger partial charge in [-0.05, 0) is 67.6 Å². The van der Waals surface area contributed by atoms with Gasteiger partial charge < -0.3 is 30.3 Å². The van der Waals surface area contributed by atoms with Gasteiger partial charge in [-0.25, -0.2) is 0 Å². The van der Waals surface area contributed by atoms with Crippen molar-refractivity contribution in [1.82, 2.24) is 20.5 Å². The minimum absolute atomic E-state index is 0.00198. The third-order valence-corrected chi connectivity index (χ3v) is 10.1. The number of nitrogens with one attached hydrogen (secondary N) is 4. The molecular formula is C34H41N5O7. The van der Waals surface area contributed by atoms with Crippen LogP contribution in [0.2, 0.25) is 0 Å². The molecule has 3 saturated carbocycles. The predicted octanol–water partition coefficient (Wildman–Crippen LogP) is 2.92. The maximum atomic E-state index is 13.5. The molecule has 4 N–H and O–H groups in total. The Kier molecular flexibility index (Phi) is 9.18. The van der Waals surface area contributed by atoms with Crippen LogP contribution >= 0.6 is 0 Å². The summed E-state index contributed by atoms with van der Waals surface area (Å²) in [6, 6.07) is 8.76. The molecular weight excluding hydrogens is 590 g/mol. The highest BCUT2D eigenvalue weighted by atomic mass is 16.3. The number of hydrogen-bond acceptors (Lipinski definition) is 7. The lowest BCUT2D eigenvalue weighted by Gasteiger charge is -2.62. The van der Waals surface area contributed by atoms with Crippen LogP contribution in [0.5, 0.6) is 0 Å². The zero-order valence-corrected chi connectivity index (χ0v) is 26.8. The fraction of sp³-hybridized carbons (Fsp3) is 0.471. The lowest BCUT2D eigenvalue weighted by atomic mass is 9.45. The number of benzene rings is 1. The second kappa shape index (κ2) is 12.9. The Morgan fingerprint density at radius 3 is 2.48 bits per heavy atom. The summed E-state index contributed by atoms with van der Waals surface area (Å²) in [5, 5.41) is 11.2. The van der Waals surface area contributed by atoms with Crippen LogP contribution in [0.4, 0.5) is 5.69 Å². The Balaban J connectivity index is 1.28. The van der Waals surface area contributed by atoms with Crippen LogP contribution in [0, 0.1) is 30.1 Å². The fourth-order valence-electron chi connectivity index (χ4n) is 7.14. The van der Waals surface area contributed by atoms with E-state index in [1.54, 1.807) is 25.1 Å². The number of ketones is 1. The zero-order chi connectivity index (χ0) is 33.3. The van der Waals surface area contributed by atoms with Gasteiger partial charge in [-0.15, -0.1) is 0 Å². The predicted molar refractivity (Wildman–Crippen MR) is 171 cm³/mol.